The van der Waals surface area contributed by atoms with Gasteiger partial charge in [0.2, 0.25) is 0 Å². The van der Waals surface area contributed by atoms with Gasteiger partial charge in [-0.2, -0.15) is 0 Å². The predicted molar refractivity (Wildman–Crippen MR) is 85.3 cm³/mol. The summed E-state index contributed by atoms with van der Waals surface area (Å²) < 4.78 is 10.7. The lowest BCUT2D eigenvalue weighted by Crippen LogP contribution is -2.40. The van der Waals surface area contributed by atoms with Crippen molar-refractivity contribution in [2.75, 3.05) is 25.5 Å². The molecule has 0 spiro atoms. The van der Waals surface area contributed by atoms with Gasteiger partial charge in [0.25, 0.3) is 5.91 Å². The van der Waals surface area contributed by atoms with Crippen molar-refractivity contribution in [3.63, 3.8) is 0 Å². The molecule has 2 heterocycles. The maximum absolute atomic E-state index is 12.6. The molecule has 23 heavy (non-hydrogen) atoms. The first-order chi connectivity index (χ1) is 11.0. The number of nitrogens with one attached hydrogen (secondary N) is 2. The van der Waals surface area contributed by atoms with Crippen molar-refractivity contribution in [1.82, 2.24) is 5.32 Å². The second-order valence-corrected chi connectivity index (χ2v) is 6.37. The Kier molecular flexibility index (Phi) is 4.37. The second-order valence-electron chi connectivity index (χ2n) is 6.37. The van der Waals surface area contributed by atoms with E-state index in [0.29, 0.717) is 17.2 Å². The molecule has 1 aromatic rings. The Balaban J connectivity index is 1.65. The van der Waals surface area contributed by atoms with Crippen LogP contribution in [0.3, 0.4) is 0 Å². The van der Waals surface area contributed by atoms with E-state index in [2.05, 4.69) is 15.4 Å². The molecule has 2 aliphatic heterocycles. The summed E-state index contributed by atoms with van der Waals surface area (Å²) in [7, 11) is 1.34. The smallest absolute Gasteiger partial charge is 0.337 e. The molecule has 1 aromatic carbocycles. The maximum atomic E-state index is 12.6. The van der Waals surface area contributed by atoms with Crippen LogP contribution in [0.2, 0.25) is 0 Å². The minimum Gasteiger partial charge on any atom is -0.465 e. The van der Waals surface area contributed by atoms with E-state index in [1.54, 1.807) is 24.3 Å². The number of carbonyl (C=O) groups excluding carboxylic acids is 2. The molecule has 124 valence electrons. The van der Waals surface area contributed by atoms with Gasteiger partial charge in [0, 0.05) is 18.2 Å². The van der Waals surface area contributed by atoms with E-state index in [9.17, 15) is 9.59 Å². The summed E-state index contributed by atoms with van der Waals surface area (Å²) in [5.41, 5.74) is 0.286. The van der Waals surface area contributed by atoms with Crippen LogP contribution in [0.25, 0.3) is 0 Å². The molecule has 0 saturated carbocycles. The zero-order valence-corrected chi connectivity index (χ0v) is 13.4. The molecule has 6 heteroatoms. The van der Waals surface area contributed by atoms with E-state index in [4.69, 9.17) is 4.74 Å². The average molecular weight is 318 g/mol. The van der Waals surface area contributed by atoms with Crippen LogP contribution >= 0.6 is 0 Å². The fraction of sp³-hybridized carbons (Fsp3) is 0.529. The lowest BCUT2D eigenvalue weighted by atomic mass is 9.89. The third kappa shape index (κ3) is 3.23. The van der Waals surface area contributed by atoms with Crippen LogP contribution in [-0.4, -0.2) is 43.8 Å². The van der Waals surface area contributed by atoms with E-state index < -0.39 is 11.6 Å². The Hall–Kier alpha value is -1.92. The molecule has 0 aliphatic carbocycles. The third-order valence-corrected chi connectivity index (χ3v) is 4.65. The van der Waals surface area contributed by atoms with Gasteiger partial charge in [-0.25, -0.2) is 4.79 Å². The van der Waals surface area contributed by atoms with Crippen LogP contribution in [0.15, 0.2) is 24.3 Å². The van der Waals surface area contributed by atoms with Crippen molar-refractivity contribution in [2.24, 2.45) is 5.92 Å². The minimum absolute atomic E-state index is 0.141. The summed E-state index contributed by atoms with van der Waals surface area (Å²) in [5.74, 6) is -0.149. The highest BCUT2D eigenvalue weighted by Crippen LogP contribution is 2.38. The van der Waals surface area contributed by atoms with E-state index >= 15 is 0 Å². The second kappa shape index (κ2) is 6.29. The van der Waals surface area contributed by atoms with Crippen LogP contribution in [0, 0.1) is 5.92 Å². The number of piperidine rings is 1. The number of fused-ring (bicyclic) bond motifs is 1. The Morgan fingerprint density at radius 2 is 2.09 bits per heavy atom. The van der Waals surface area contributed by atoms with Crippen molar-refractivity contribution in [3.05, 3.63) is 29.8 Å². The summed E-state index contributed by atoms with van der Waals surface area (Å²) in [6.07, 6.45) is 1.83. The van der Waals surface area contributed by atoms with E-state index in [0.717, 1.165) is 25.9 Å². The summed E-state index contributed by atoms with van der Waals surface area (Å²) in [5, 5.41) is 6.23. The number of esters is 1. The van der Waals surface area contributed by atoms with Gasteiger partial charge >= 0.3 is 5.97 Å². The molecule has 0 bridgehead atoms. The first-order valence-electron chi connectivity index (χ1n) is 7.90. The zero-order valence-electron chi connectivity index (χ0n) is 13.4. The molecule has 0 aromatic heterocycles. The molecule has 2 saturated heterocycles. The largest absolute Gasteiger partial charge is 0.465 e. The van der Waals surface area contributed by atoms with Crippen molar-refractivity contribution >= 4 is 17.6 Å². The third-order valence-electron chi connectivity index (χ3n) is 4.65. The molecule has 2 N–H and O–H groups in total. The number of carbonyl (C=O) groups is 2. The highest BCUT2D eigenvalue weighted by atomic mass is 16.5. The minimum atomic E-state index is -0.803. The van der Waals surface area contributed by atoms with Crippen molar-refractivity contribution in [1.29, 1.82) is 0 Å². The standard InChI is InChI=1S/C17H22N2O4/c1-17(9-12-10-18-8-7-14(12)23-17)16(21)19-13-5-3-11(4-6-13)15(20)22-2/h3-6,12,14,18H,7-10H2,1-2H3,(H,19,21)/t12-,14+,17+/m1/s1. The first kappa shape index (κ1) is 16.0. The summed E-state index contributed by atoms with van der Waals surface area (Å²) >= 11 is 0. The Morgan fingerprint density at radius 3 is 2.74 bits per heavy atom. The van der Waals surface area contributed by atoms with E-state index in [-0.39, 0.29) is 12.0 Å². The van der Waals surface area contributed by atoms with Gasteiger partial charge in [-0.05, 0) is 50.6 Å². The van der Waals surface area contributed by atoms with Gasteiger partial charge in [0.15, 0.2) is 0 Å². The Bertz CT molecular complexity index is 585. The summed E-state index contributed by atoms with van der Waals surface area (Å²) in [6, 6.07) is 6.64. The monoisotopic (exact) mass is 318 g/mol. The van der Waals surface area contributed by atoms with E-state index in [1.165, 1.54) is 7.11 Å². The van der Waals surface area contributed by atoms with Gasteiger partial charge in [-0.15, -0.1) is 0 Å². The molecule has 3 atom stereocenters. The predicted octanol–water partition coefficient (Wildman–Crippen LogP) is 1.57. The molecule has 2 aliphatic rings. The van der Waals surface area contributed by atoms with Crippen molar-refractivity contribution < 1.29 is 19.1 Å². The lowest BCUT2D eigenvalue weighted by molar-refractivity contribution is -0.138. The zero-order chi connectivity index (χ0) is 16.4. The van der Waals surface area contributed by atoms with Crippen LogP contribution < -0.4 is 10.6 Å². The van der Waals surface area contributed by atoms with Crippen LogP contribution in [0.1, 0.15) is 30.1 Å². The molecule has 3 rings (SSSR count). The Morgan fingerprint density at radius 1 is 1.35 bits per heavy atom. The quantitative estimate of drug-likeness (QED) is 0.827. The number of hydrogen-bond donors (Lipinski definition) is 2. The molecule has 2 fully saturated rings. The highest BCUT2D eigenvalue weighted by molar-refractivity contribution is 5.98. The topological polar surface area (TPSA) is 76.7 Å². The van der Waals surface area contributed by atoms with Crippen LogP contribution in [-0.2, 0) is 14.3 Å². The maximum Gasteiger partial charge on any atom is 0.337 e. The fourth-order valence-electron chi connectivity index (χ4n) is 3.36. The number of methoxy groups -OCH3 is 1. The fourth-order valence-corrected chi connectivity index (χ4v) is 3.36. The number of amides is 1. The SMILES string of the molecule is COC(=O)c1ccc(NC(=O)[C@]2(C)C[C@@H]3CNCC[C@@H]3O2)cc1. The average Bonchev–Trinajstić information content (AvgIpc) is 2.92. The van der Waals surface area contributed by atoms with Crippen LogP contribution in [0.5, 0.6) is 0 Å². The molecular formula is C17H22N2O4. The lowest BCUT2D eigenvalue weighted by Gasteiger charge is -2.25. The first-order valence-corrected chi connectivity index (χ1v) is 7.90. The summed E-state index contributed by atoms with van der Waals surface area (Å²) in [6.45, 7) is 3.69. The van der Waals surface area contributed by atoms with Crippen molar-refractivity contribution in [2.45, 2.75) is 31.5 Å². The van der Waals surface area contributed by atoms with E-state index in [1.807, 2.05) is 6.92 Å². The number of hydrogen-bond acceptors (Lipinski definition) is 5. The highest BCUT2D eigenvalue weighted by Gasteiger charge is 2.48. The van der Waals surface area contributed by atoms with Gasteiger partial charge in [0.1, 0.15) is 5.60 Å². The molecule has 1 amide bonds. The number of rotatable bonds is 3. The van der Waals surface area contributed by atoms with Crippen molar-refractivity contribution in [3.8, 4) is 0 Å². The number of anilines is 1. The normalized spacial score (nSPS) is 29.7. The molecular weight excluding hydrogens is 296 g/mol. The molecule has 6 nitrogen and oxygen atoms in total. The van der Waals surface area contributed by atoms with Gasteiger partial charge in [-0.3, -0.25) is 4.79 Å². The van der Waals surface area contributed by atoms with Gasteiger partial charge in [0.05, 0.1) is 18.8 Å². The number of ether oxygens (including phenoxy) is 2. The van der Waals surface area contributed by atoms with Gasteiger partial charge in [-0.1, -0.05) is 0 Å². The molecule has 0 unspecified atom stereocenters. The Labute approximate surface area is 135 Å². The number of benzene rings is 1. The van der Waals surface area contributed by atoms with Gasteiger partial charge < -0.3 is 20.1 Å². The molecule has 0 radical (unpaired) electrons. The van der Waals surface area contributed by atoms with Crippen LogP contribution in [0.4, 0.5) is 5.69 Å². The summed E-state index contributed by atoms with van der Waals surface area (Å²) in [4.78, 5) is 24.0.